The van der Waals surface area contributed by atoms with Crippen LogP contribution >= 0.6 is 0 Å². The Morgan fingerprint density at radius 2 is 2.21 bits per heavy atom. The molecule has 0 radical (unpaired) electrons. The molecule has 6 heteroatoms. The van der Waals surface area contributed by atoms with Crippen LogP contribution in [0, 0.1) is 18.6 Å². The van der Waals surface area contributed by atoms with E-state index in [4.69, 9.17) is 4.74 Å². The number of ether oxygens (including phenoxy) is 1. The zero-order valence-corrected chi connectivity index (χ0v) is 10.7. The van der Waals surface area contributed by atoms with Gasteiger partial charge < -0.3 is 4.74 Å². The van der Waals surface area contributed by atoms with Gasteiger partial charge in [-0.05, 0) is 13.3 Å². The number of pyridine rings is 1. The van der Waals surface area contributed by atoms with Gasteiger partial charge in [0.25, 0.3) is 0 Å². The quantitative estimate of drug-likeness (QED) is 0.632. The molecule has 2 heterocycles. The lowest BCUT2D eigenvalue weighted by Crippen LogP contribution is -2.11. The van der Waals surface area contributed by atoms with Crippen LogP contribution in [0.5, 0.6) is 0 Å². The van der Waals surface area contributed by atoms with E-state index in [1.54, 1.807) is 6.92 Å². The van der Waals surface area contributed by atoms with E-state index in [2.05, 4.69) is 4.98 Å². The molecule has 4 nitrogen and oxygen atoms in total. The van der Waals surface area contributed by atoms with E-state index in [9.17, 15) is 13.6 Å². The number of halogens is 2. The Kier molecular flexibility index (Phi) is 3.78. The van der Waals surface area contributed by atoms with E-state index in [-0.39, 0.29) is 17.9 Å². The maximum atomic E-state index is 13.5. The fourth-order valence-electron chi connectivity index (χ4n) is 1.81. The number of imidazole rings is 1. The number of esters is 1. The second-order valence-corrected chi connectivity index (χ2v) is 4.24. The Balaban J connectivity index is 2.42. The second kappa shape index (κ2) is 5.34. The highest BCUT2D eigenvalue weighted by Gasteiger charge is 2.20. The van der Waals surface area contributed by atoms with Crippen molar-refractivity contribution in [2.24, 2.45) is 0 Å². The molecule has 0 aliphatic rings. The lowest BCUT2D eigenvalue weighted by atomic mass is 10.3. The average molecular weight is 268 g/mol. The summed E-state index contributed by atoms with van der Waals surface area (Å²) in [6, 6.07) is 0.730. The van der Waals surface area contributed by atoms with Gasteiger partial charge in [-0.2, -0.15) is 0 Å². The van der Waals surface area contributed by atoms with Gasteiger partial charge in [0.1, 0.15) is 5.82 Å². The third-order valence-electron chi connectivity index (χ3n) is 2.74. The number of nitrogens with zero attached hydrogens (tertiary/aromatic N) is 2. The SMILES string of the molecule is CCCCOC(=O)c1c(C)nc2c(F)cc(F)cn12. The molecule has 0 aliphatic heterocycles. The molecule has 0 aromatic carbocycles. The Labute approximate surface area is 109 Å². The van der Waals surface area contributed by atoms with Crippen LogP contribution < -0.4 is 0 Å². The zero-order valence-electron chi connectivity index (χ0n) is 10.7. The van der Waals surface area contributed by atoms with Crippen molar-refractivity contribution >= 4 is 11.6 Å². The molecule has 0 spiro atoms. The maximum Gasteiger partial charge on any atom is 0.357 e. The van der Waals surface area contributed by atoms with Crippen LogP contribution in [0.3, 0.4) is 0 Å². The monoisotopic (exact) mass is 268 g/mol. The van der Waals surface area contributed by atoms with E-state index in [1.165, 1.54) is 0 Å². The van der Waals surface area contributed by atoms with Gasteiger partial charge in [0.05, 0.1) is 12.3 Å². The lowest BCUT2D eigenvalue weighted by molar-refractivity contribution is 0.0490. The summed E-state index contributed by atoms with van der Waals surface area (Å²) in [6.07, 6.45) is 2.65. The number of carbonyl (C=O) groups excluding carboxylic acids is 1. The maximum absolute atomic E-state index is 13.5. The number of rotatable bonds is 4. The predicted molar refractivity (Wildman–Crippen MR) is 65.0 cm³/mol. The van der Waals surface area contributed by atoms with Crippen molar-refractivity contribution in [3.63, 3.8) is 0 Å². The molecule has 0 bridgehead atoms. The minimum atomic E-state index is -0.810. The molecule has 2 aromatic heterocycles. The van der Waals surface area contributed by atoms with E-state index in [0.29, 0.717) is 5.69 Å². The van der Waals surface area contributed by atoms with Crippen molar-refractivity contribution in [2.75, 3.05) is 6.61 Å². The van der Waals surface area contributed by atoms with Gasteiger partial charge in [0, 0.05) is 12.3 Å². The molecule has 2 rings (SSSR count). The Bertz CT molecular complexity index is 623. The number of carbonyl (C=O) groups is 1. The molecule has 0 aliphatic carbocycles. The summed E-state index contributed by atoms with van der Waals surface area (Å²) in [6.45, 7) is 3.80. The van der Waals surface area contributed by atoms with Crippen molar-refractivity contribution in [2.45, 2.75) is 26.7 Å². The first-order chi connectivity index (χ1) is 9.04. The Hall–Kier alpha value is -1.98. The van der Waals surface area contributed by atoms with E-state index in [1.807, 2.05) is 6.92 Å². The molecule has 0 amide bonds. The highest BCUT2D eigenvalue weighted by atomic mass is 19.1. The third-order valence-corrected chi connectivity index (χ3v) is 2.74. The van der Waals surface area contributed by atoms with Crippen LogP contribution in [0.15, 0.2) is 12.3 Å². The first-order valence-electron chi connectivity index (χ1n) is 6.05. The largest absolute Gasteiger partial charge is 0.461 e. The van der Waals surface area contributed by atoms with Crippen LogP contribution in [0.1, 0.15) is 35.9 Å². The van der Waals surface area contributed by atoms with Gasteiger partial charge in [0.15, 0.2) is 17.2 Å². The molecular weight excluding hydrogens is 254 g/mol. The summed E-state index contributed by atoms with van der Waals surface area (Å²) in [7, 11) is 0. The molecule has 0 saturated heterocycles. The highest BCUT2D eigenvalue weighted by molar-refractivity contribution is 5.90. The van der Waals surface area contributed by atoms with Gasteiger partial charge in [-0.1, -0.05) is 13.3 Å². The van der Waals surface area contributed by atoms with Crippen molar-refractivity contribution in [3.8, 4) is 0 Å². The summed E-state index contributed by atoms with van der Waals surface area (Å²) in [5.74, 6) is -2.20. The smallest absolute Gasteiger partial charge is 0.357 e. The summed E-state index contributed by atoms with van der Waals surface area (Å²) in [4.78, 5) is 15.8. The molecule has 0 fully saturated rings. The molecule has 19 heavy (non-hydrogen) atoms. The Morgan fingerprint density at radius 3 is 2.89 bits per heavy atom. The minimum Gasteiger partial charge on any atom is -0.461 e. The van der Waals surface area contributed by atoms with Crippen LogP contribution in [0.25, 0.3) is 5.65 Å². The van der Waals surface area contributed by atoms with Gasteiger partial charge in [0.2, 0.25) is 0 Å². The summed E-state index contributed by atoms with van der Waals surface area (Å²) in [5.41, 5.74) is 0.289. The first kappa shape index (κ1) is 13.5. The molecule has 0 N–H and O–H groups in total. The van der Waals surface area contributed by atoms with E-state index >= 15 is 0 Å². The molecule has 102 valence electrons. The molecule has 0 saturated carbocycles. The minimum absolute atomic E-state index is 0.0597. The number of unbranched alkanes of at least 4 members (excludes halogenated alkanes) is 1. The lowest BCUT2D eigenvalue weighted by Gasteiger charge is -2.05. The summed E-state index contributed by atoms with van der Waals surface area (Å²) < 4.78 is 32.9. The van der Waals surface area contributed by atoms with E-state index in [0.717, 1.165) is 29.5 Å². The molecule has 2 aromatic rings. The van der Waals surface area contributed by atoms with Gasteiger partial charge in [-0.25, -0.2) is 18.6 Å². The zero-order chi connectivity index (χ0) is 14.0. The molecular formula is C13H14F2N2O2. The van der Waals surface area contributed by atoms with Gasteiger partial charge >= 0.3 is 5.97 Å². The first-order valence-corrected chi connectivity index (χ1v) is 6.05. The summed E-state index contributed by atoms with van der Waals surface area (Å²) >= 11 is 0. The van der Waals surface area contributed by atoms with Gasteiger partial charge in [-0.15, -0.1) is 0 Å². The molecule has 0 atom stereocenters. The fraction of sp³-hybridized carbons (Fsp3) is 0.385. The number of aromatic nitrogens is 2. The summed E-state index contributed by atoms with van der Waals surface area (Å²) in [5, 5.41) is 0. The second-order valence-electron chi connectivity index (χ2n) is 4.24. The number of aryl methyl sites for hydroxylation is 1. The predicted octanol–water partition coefficient (Wildman–Crippen LogP) is 2.88. The van der Waals surface area contributed by atoms with Crippen molar-refractivity contribution in [3.05, 3.63) is 35.3 Å². The van der Waals surface area contributed by atoms with Crippen molar-refractivity contribution in [1.29, 1.82) is 0 Å². The standard InChI is InChI=1S/C13H14F2N2O2/c1-3-4-5-19-13(18)11-8(2)16-12-10(15)6-9(14)7-17(11)12/h6-7H,3-5H2,1-2H3. The van der Waals surface area contributed by atoms with Crippen LogP contribution in [-0.2, 0) is 4.74 Å². The van der Waals surface area contributed by atoms with Crippen molar-refractivity contribution < 1.29 is 18.3 Å². The van der Waals surface area contributed by atoms with Crippen LogP contribution in [0.4, 0.5) is 8.78 Å². The molecule has 0 unspecified atom stereocenters. The third kappa shape index (κ3) is 2.57. The average Bonchev–Trinajstić information content (AvgIpc) is 2.66. The van der Waals surface area contributed by atoms with Crippen molar-refractivity contribution in [1.82, 2.24) is 9.38 Å². The number of hydrogen-bond acceptors (Lipinski definition) is 3. The number of fused-ring (bicyclic) bond motifs is 1. The Morgan fingerprint density at radius 1 is 1.47 bits per heavy atom. The van der Waals surface area contributed by atoms with Crippen LogP contribution in [-0.4, -0.2) is 22.0 Å². The van der Waals surface area contributed by atoms with Gasteiger partial charge in [-0.3, -0.25) is 4.40 Å². The number of hydrogen-bond donors (Lipinski definition) is 0. The highest BCUT2D eigenvalue weighted by Crippen LogP contribution is 2.17. The van der Waals surface area contributed by atoms with E-state index < -0.39 is 17.6 Å². The van der Waals surface area contributed by atoms with Crippen LogP contribution in [0.2, 0.25) is 0 Å². The fourth-order valence-corrected chi connectivity index (χ4v) is 1.81. The normalized spacial score (nSPS) is 10.9. The topological polar surface area (TPSA) is 43.6 Å².